The molecule has 1 unspecified atom stereocenters. The topological polar surface area (TPSA) is 132 Å². The maximum Gasteiger partial charge on any atom is 0.633 e. The molecule has 2 aromatic heterocycles. The second-order valence-electron chi connectivity index (χ2n) is 9.63. The number of aliphatic hydroxyl groups is 2. The Hall–Kier alpha value is -3.33. The smallest absolute Gasteiger partial charge is 0.380 e. The molecule has 4 atom stereocenters. The quantitative estimate of drug-likeness (QED) is 0.234. The van der Waals surface area contributed by atoms with Crippen LogP contribution in [0, 0.1) is 0 Å². The Balaban J connectivity index is 1.18. The van der Waals surface area contributed by atoms with Crippen LogP contribution in [0.15, 0.2) is 41.8 Å². The van der Waals surface area contributed by atoms with Crippen LogP contribution in [0.5, 0.6) is 0 Å². The molecule has 0 spiro atoms. The predicted molar refractivity (Wildman–Crippen MR) is 143 cm³/mol. The second kappa shape index (κ2) is 11.3. The minimum absolute atomic E-state index is 0.0255. The molecule has 0 bridgehead atoms. The zero-order valence-electron chi connectivity index (χ0n) is 21.0. The van der Waals surface area contributed by atoms with Gasteiger partial charge in [-0.25, -0.2) is 4.98 Å². The van der Waals surface area contributed by atoms with E-state index in [4.69, 9.17) is 5.73 Å². The summed E-state index contributed by atoms with van der Waals surface area (Å²) in [4.78, 5) is 32.4. The molecule has 2 amide bonds. The number of aromatic nitrogens is 1. The summed E-state index contributed by atoms with van der Waals surface area (Å²) >= 11 is 2.48. The Bertz CT molecular complexity index is 1440. The highest BCUT2D eigenvalue weighted by molar-refractivity contribution is 7.13. The number of alkyl halides is 3. The zero-order chi connectivity index (χ0) is 28.6. The van der Waals surface area contributed by atoms with Crippen molar-refractivity contribution in [1.29, 1.82) is 0 Å². The molecular formula is C26H27F3N5O4S2+. The van der Waals surface area contributed by atoms with Crippen LogP contribution in [0.4, 0.5) is 18.3 Å². The lowest BCUT2D eigenvalue weighted by atomic mass is 10.0. The Labute approximate surface area is 235 Å². The van der Waals surface area contributed by atoms with E-state index in [9.17, 15) is 33.0 Å². The molecule has 5 N–H and O–H groups in total. The number of rotatable bonds is 8. The molecule has 0 aliphatic carbocycles. The van der Waals surface area contributed by atoms with Crippen LogP contribution >= 0.6 is 22.7 Å². The Morgan fingerprint density at radius 2 is 1.93 bits per heavy atom. The molecule has 14 heteroatoms. The largest absolute Gasteiger partial charge is 0.633 e. The first kappa shape index (κ1) is 28.2. The Kier molecular flexibility index (Phi) is 7.95. The van der Waals surface area contributed by atoms with Gasteiger partial charge in [0.1, 0.15) is 0 Å². The van der Waals surface area contributed by atoms with Crippen molar-refractivity contribution in [2.24, 2.45) is 0 Å². The number of thiophene rings is 1. The molecule has 2 aliphatic rings. The lowest BCUT2D eigenvalue weighted by Gasteiger charge is -2.27. The molecule has 1 saturated heterocycles. The standard InChI is InChI=1S/C26H26F3N5O4S2/c27-26(28,29)34-12-14-4-1-2-5-17(14)20(34)10-15-7-8-16(40-15)11-31-23(37)21(35)22(36)24(38)33-9-3-6-19(33)18-13-39-25(30)32-18/h1-2,4-5,7-8,12-13,19-22,35-36H,3,6,9-11H2,(H2-,30,31,32,37)/p+1/t19-,20?,21-,22-/m1/s1. The maximum absolute atomic E-state index is 13.7. The van der Waals surface area contributed by atoms with Gasteiger partial charge >= 0.3 is 6.30 Å². The number of amides is 2. The average Bonchev–Trinajstić information content (AvgIpc) is 3.72. The Morgan fingerprint density at radius 1 is 1.18 bits per heavy atom. The number of thiazole rings is 1. The van der Waals surface area contributed by atoms with Crippen molar-refractivity contribution in [2.45, 2.75) is 56.4 Å². The summed E-state index contributed by atoms with van der Waals surface area (Å²) in [5, 5.41) is 25.5. The van der Waals surface area contributed by atoms with Crippen LogP contribution in [0.2, 0.25) is 0 Å². The number of fused-ring (bicyclic) bond motifs is 1. The van der Waals surface area contributed by atoms with Crippen molar-refractivity contribution in [1.82, 2.24) is 15.2 Å². The first-order valence-corrected chi connectivity index (χ1v) is 14.2. The molecule has 1 fully saturated rings. The number of carbonyl (C=O) groups is 2. The lowest BCUT2D eigenvalue weighted by molar-refractivity contribution is -0.735. The summed E-state index contributed by atoms with van der Waals surface area (Å²) in [7, 11) is 0. The average molecular weight is 595 g/mol. The third-order valence-corrected chi connectivity index (χ3v) is 8.85. The fourth-order valence-corrected chi connectivity index (χ4v) is 6.72. The number of hydrogen-bond acceptors (Lipinski definition) is 8. The van der Waals surface area contributed by atoms with E-state index in [1.54, 1.807) is 41.8 Å². The van der Waals surface area contributed by atoms with Crippen molar-refractivity contribution in [2.75, 3.05) is 12.3 Å². The van der Waals surface area contributed by atoms with Gasteiger partial charge in [-0.15, -0.1) is 40.4 Å². The summed E-state index contributed by atoms with van der Waals surface area (Å²) < 4.78 is 41.4. The van der Waals surface area contributed by atoms with Crippen molar-refractivity contribution in [3.63, 3.8) is 0 Å². The number of nitrogens with one attached hydrogen (secondary N) is 1. The van der Waals surface area contributed by atoms with Gasteiger partial charge < -0.3 is 26.2 Å². The summed E-state index contributed by atoms with van der Waals surface area (Å²) in [5.41, 5.74) is 7.40. The molecule has 4 heterocycles. The van der Waals surface area contributed by atoms with E-state index in [-0.39, 0.29) is 13.0 Å². The minimum atomic E-state index is -4.53. The molecule has 2 aliphatic heterocycles. The highest BCUT2D eigenvalue weighted by Gasteiger charge is 2.51. The molecule has 5 rings (SSSR count). The number of nitrogen functional groups attached to an aromatic ring is 1. The number of halogens is 3. The maximum atomic E-state index is 13.7. The van der Waals surface area contributed by atoms with Crippen LogP contribution in [0.1, 0.15) is 51.5 Å². The van der Waals surface area contributed by atoms with Crippen LogP contribution in [-0.2, 0) is 22.6 Å². The highest BCUT2D eigenvalue weighted by Crippen LogP contribution is 2.37. The normalized spacial score (nSPS) is 20.2. The second-order valence-corrected chi connectivity index (χ2v) is 11.8. The van der Waals surface area contributed by atoms with Crippen molar-refractivity contribution in [3.05, 3.63) is 68.4 Å². The monoisotopic (exact) mass is 594 g/mol. The molecule has 40 heavy (non-hydrogen) atoms. The third kappa shape index (κ3) is 5.75. The lowest BCUT2D eigenvalue weighted by Crippen LogP contribution is -2.50. The number of benzene rings is 1. The van der Waals surface area contributed by atoms with Gasteiger partial charge in [-0.2, -0.15) is 0 Å². The van der Waals surface area contributed by atoms with Crippen LogP contribution < -0.4 is 11.1 Å². The molecule has 9 nitrogen and oxygen atoms in total. The minimum Gasteiger partial charge on any atom is -0.380 e. The third-order valence-electron chi connectivity index (χ3n) is 7.05. The summed E-state index contributed by atoms with van der Waals surface area (Å²) in [6.45, 7) is 0.321. The van der Waals surface area contributed by atoms with E-state index in [0.29, 0.717) is 55.7 Å². The van der Waals surface area contributed by atoms with Gasteiger partial charge in [-0.3, -0.25) is 9.59 Å². The van der Waals surface area contributed by atoms with Crippen molar-refractivity contribution in [3.8, 4) is 0 Å². The van der Waals surface area contributed by atoms with E-state index < -0.39 is 42.4 Å². The molecule has 3 aromatic rings. The van der Waals surface area contributed by atoms with Crippen LogP contribution in [0.3, 0.4) is 0 Å². The number of likely N-dealkylation sites (tertiary alicyclic amines) is 1. The number of nitrogens with zero attached hydrogens (tertiary/aromatic N) is 3. The van der Waals surface area contributed by atoms with E-state index in [1.165, 1.54) is 27.6 Å². The van der Waals surface area contributed by atoms with E-state index in [1.807, 2.05) is 0 Å². The summed E-state index contributed by atoms with van der Waals surface area (Å²) in [5.74, 6) is -1.72. The summed E-state index contributed by atoms with van der Waals surface area (Å²) in [6, 6.07) is 8.81. The number of anilines is 1. The van der Waals surface area contributed by atoms with Crippen LogP contribution in [-0.4, -0.2) is 67.8 Å². The van der Waals surface area contributed by atoms with E-state index >= 15 is 0 Å². The molecule has 1 aromatic carbocycles. The molecular weight excluding hydrogens is 567 g/mol. The zero-order valence-corrected chi connectivity index (χ0v) is 22.7. The number of nitrogens with two attached hydrogens (primary N) is 1. The summed E-state index contributed by atoms with van der Waals surface area (Å²) in [6.07, 6.45) is -5.98. The molecule has 0 radical (unpaired) electrons. The van der Waals surface area contributed by atoms with Crippen molar-refractivity contribution >= 4 is 45.8 Å². The number of carbonyl (C=O) groups excluding carboxylic acids is 2. The fraction of sp³-hybridized carbons (Fsp3) is 0.385. The van der Waals surface area contributed by atoms with Gasteiger partial charge in [-0.1, -0.05) is 18.2 Å². The molecule has 0 saturated carbocycles. The van der Waals surface area contributed by atoms with Gasteiger partial charge in [0.15, 0.2) is 29.6 Å². The van der Waals surface area contributed by atoms with Crippen molar-refractivity contribution < 1.29 is 37.5 Å². The van der Waals surface area contributed by atoms with Crippen LogP contribution in [0.25, 0.3) is 0 Å². The van der Waals surface area contributed by atoms with E-state index in [2.05, 4.69) is 10.3 Å². The predicted octanol–water partition coefficient (Wildman–Crippen LogP) is 2.74. The number of aliphatic hydroxyl groups excluding tert-OH is 2. The number of hydrogen-bond donors (Lipinski definition) is 4. The SMILES string of the molecule is Nc1nc([C@H]2CCCN2C(=O)[C@H](O)[C@@H](O)C(=O)NCc2ccc(CC3c4ccccc4C=[N+]3C(F)(F)F)s2)cs1. The van der Waals surface area contributed by atoms with Gasteiger partial charge in [0.05, 0.1) is 18.3 Å². The van der Waals surface area contributed by atoms with Gasteiger partial charge in [0, 0.05) is 39.2 Å². The molecule has 212 valence electrons. The Morgan fingerprint density at radius 3 is 2.65 bits per heavy atom. The van der Waals surface area contributed by atoms with E-state index in [0.717, 1.165) is 6.21 Å². The van der Waals surface area contributed by atoms with Gasteiger partial charge in [-0.05, 0) is 31.0 Å². The first-order chi connectivity index (χ1) is 19.0. The van der Waals surface area contributed by atoms with Gasteiger partial charge in [0.25, 0.3) is 11.8 Å². The first-order valence-electron chi connectivity index (χ1n) is 12.5. The van der Waals surface area contributed by atoms with Gasteiger partial charge in [0.2, 0.25) is 0 Å². The fourth-order valence-electron chi connectivity index (χ4n) is 5.12. The highest BCUT2D eigenvalue weighted by atomic mass is 32.1.